The maximum absolute atomic E-state index is 5.74. The molecule has 108 valence electrons. The highest BCUT2D eigenvalue weighted by atomic mass is 32.1. The van der Waals surface area contributed by atoms with Crippen molar-refractivity contribution >= 4 is 17.3 Å². The molecule has 2 heterocycles. The molecule has 0 spiro atoms. The highest BCUT2D eigenvalue weighted by molar-refractivity contribution is 7.80. The first-order chi connectivity index (χ1) is 9.33. The molecular formula is C14H25N3OS. The third kappa shape index (κ3) is 3.38. The van der Waals surface area contributed by atoms with Gasteiger partial charge in [-0.3, -0.25) is 4.90 Å². The number of hydrogen-bond donors (Lipinski definition) is 1. The second kappa shape index (κ2) is 6.37. The largest absolute Gasteiger partial charge is 0.376 e. The van der Waals surface area contributed by atoms with Gasteiger partial charge in [0.05, 0.1) is 19.4 Å². The molecule has 2 aliphatic heterocycles. The lowest BCUT2D eigenvalue weighted by Crippen LogP contribution is -2.60. The molecule has 0 aromatic carbocycles. The van der Waals surface area contributed by atoms with Gasteiger partial charge in [0.2, 0.25) is 0 Å². The van der Waals surface area contributed by atoms with E-state index in [1.54, 1.807) is 0 Å². The lowest BCUT2D eigenvalue weighted by Gasteiger charge is -2.43. The van der Waals surface area contributed by atoms with Crippen molar-refractivity contribution in [1.29, 1.82) is 0 Å². The van der Waals surface area contributed by atoms with Crippen LogP contribution in [0.5, 0.6) is 0 Å². The van der Waals surface area contributed by atoms with Crippen LogP contribution in [0.1, 0.15) is 44.9 Å². The Bertz CT molecular complexity index is 314. The second-order valence-corrected chi connectivity index (χ2v) is 6.41. The molecule has 3 rings (SSSR count). The van der Waals surface area contributed by atoms with Crippen molar-refractivity contribution in [1.82, 2.24) is 15.1 Å². The number of rotatable bonds is 3. The Morgan fingerprint density at radius 3 is 2.74 bits per heavy atom. The normalized spacial score (nSPS) is 30.6. The zero-order valence-corrected chi connectivity index (χ0v) is 12.5. The summed E-state index contributed by atoms with van der Waals surface area (Å²) in [5.41, 5.74) is 0. The SMILES string of the molecule is S=C1NCN(C2CCCCC2)CN1CC1CCCO1. The lowest BCUT2D eigenvalue weighted by atomic mass is 9.94. The molecule has 0 bridgehead atoms. The van der Waals surface area contributed by atoms with Gasteiger partial charge in [-0.2, -0.15) is 0 Å². The van der Waals surface area contributed by atoms with Crippen molar-refractivity contribution in [3.63, 3.8) is 0 Å². The Morgan fingerprint density at radius 2 is 2.00 bits per heavy atom. The van der Waals surface area contributed by atoms with Gasteiger partial charge in [0.25, 0.3) is 0 Å². The molecule has 0 aromatic rings. The Hall–Kier alpha value is -0.390. The fraction of sp³-hybridized carbons (Fsp3) is 0.929. The van der Waals surface area contributed by atoms with Crippen LogP contribution in [0.2, 0.25) is 0 Å². The van der Waals surface area contributed by atoms with Crippen LogP contribution in [0.4, 0.5) is 0 Å². The third-order valence-electron chi connectivity index (χ3n) is 4.61. The van der Waals surface area contributed by atoms with E-state index in [1.807, 2.05) is 0 Å². The van der Waals surface area contributed by atoms with Crippen LogP contribution in [0.25, 0.3) is 0 Å². The molecule has 1 unspecified atom stereocenters. The average molecular weight is 283 g/mol. The highest BCUT2D eigenvalue weighted by Crippen LogP contribution is 2.24. The molecule has 0 aromatic heterocycles. The first-order valence-electron chi connectivity index (χ1n) is 7.71. The Kier molecular flexibility index (Phi) is 4.56. The molecule has 3 fully saturated rings. The first kappa shape index (κ1) is 13.6. The van der Waals surface area contributed by atoms with E-state index in [0.717, 1.165) is 37.6 Å². The van der Waals surface area contributed by atoms with E-state index >= 15 is 0 Å². The molecule has 5 heteroatoms. The minimum Gasteiger partial charge on any atom is -0.376 e. The van der Waals surface area contributed by atoms with Gasteiger partial charge in [0.1, 0.15) is 0 Å². The zero-order valence-electron chi connectivity index (χ0n) is 11.6. The summed E-state index contributed by atoms with van der Waals surface area (Å²) in [6.07, 6.45) is 9.65. The van der Waals surface area contributed by atoms with E-state index in [0.29, 0.717) is 6.10 Å². The predicted molar refractivity (Wildman–Crippen MR) is 79.9 cm³/mol. The Balaban J connectivity index is 1.55. The van der Waals surface area contributed by atoms with Gasteiger partial charge in [0.15, 0.2) is 5.11 Å². The summed E-state index contributed by atoms with van der Waals surface area (Å²) in [5, 5.41) is 4.29. The summed E-state index contributed by atoms with van der Waals surface area (Å²) in [7, 11) is 0. The summed E-state index contributed by atoms with van der Waals surface area (Å²) in [4.78, 5) is 4.85. The second-order valence-electron chi connectivity index (χ2n) is 6.02. The monoisotopic (exact) mass is 283 g/mol. The van der Waals surface area contributed by atoms with E-state index in [4.69, 9.17) is 17.0 Å². The average Bonchev–Trinajstić information content (AvgIpc) is 2.95. The lowest BCUT2D eigenvalue weighted by molar-refractivity contribution is 0.0438. The van der Waals surface area contributed by atoms with Crippen molar-refractivity contribution in [3.8, 4) is 0 Å². The van der Waals surface area contributed by atoms with Crippen molar-refractivity contribution in [3.05, 3.63) is 0 Å². The number of thiocarbonyl (C=S) groups is 1. The van der Waals surface area contributed by atoms with Crippen LogP contribution in [-0.2, 0) is 4.74 Å². The van der Waals surface area contributed by atoms with Crippen LogP contribution in [0.3, 0.4) is 0 Å². The maximum atomic E-state index is 5.74. The molecule has 0 radical (unpaired) electrons. The number of hydrogen-bond acceptors (Lipinski definition) is 3. The first-order valence-corrected chi connectivity index (χ1v) is 8.12. The standard InChI is InChI=1S/C14H25N3OS/c19-14-15-10-17(12-5-2-1-3-6-12)11-16(14)9-13-7-4-8-18-13/h12-13H,1-11H2,(H,15,19). The fourth-order valence-electron chi connectivity index (χ4n) is 3.48. The quantitative estimate of drug-likeness (QED) is 0.799. The predicted octanol–water partition coefficient (Wildman–Crippen LogP) is 1.91. The van der Waals surface area contributed by atoms with E-state index in [9.17, 15) is 0 Å². The molecule has 3 aliphatic rings. The summed E-state index contributed by atoms with van der Waals surface area (Å²) < 4.78 is 5.74. The highest BCUT2D eigenvalue weighted by Gasteiger charge is 2.29. The molecule has 4 nitrogen and oxygen atoms in total. The summed E-state index contributed by atoms with van der Waals surface area (Å²) in [6.45, 7) is 3.78. The fourth-order valence-corrected chi connectivity index (χ4v) is 3.68. The molecule has 1 N–H and O–H groups in total. The Labute approximate surface area is 121 Å². The van der Waals surface area contributed by atoms with Crippen LogP contribution < -0.4 is 5.32 Å². The van der Waals surface area contributed by atoms with Crippen molar-refractivity contribution in [2.24, 2.45) is 0 Å². The van der Waals surface area contributed by atoms with Gasteiger partial charge in [-0.25, -0.2) is 0 Å². The van der Waals surface area contributed by atoms with E-state index < -0.39 is 0 Å². The van der Waals surface area contributed by atoms with Crippen molar-refractivity contribution in [2.45, 2.75) is 57.1 Å². The number of ether oxygens (including phenoxy) is 1. The van der Waals surface area contributed by atoms with Gasteiger partial charge in [-0.15, -0.1) is 0 Å². The Morgan fingerprint density at radius 1 is 1.16 bits per heavy atom. The number of nitrogens with one attached hydrogen (secondary N) is 1. The molecule has 1 aliphatic carbocycles. The summed E-state index contributed by atoms with van der Waals surface area (Å²) in [6, 6.07) is 0.747. The molecular weight excluding hydrogens is 258 g/mol. The van der Waals surface area contributed by atoms with E-state index in [1.165, 1.54) is 44.9 Å². The van der Waals surface area contributed by atoms with E-state index in [2.05, 4.69) is 15.1 Å². The smallest absolute Gasteiger partial charge is 0.171 e. The van der Waals surface area contributed by atoms with Crippen molar-refractivity contribution < 1.29 is 4.74 Å². The third-order valence-corrected chi connectivity index (χ3v) is 5.01. The summed E-state index contributed by atoms with van der Waals surface area (Å²) >= 11 is 5.45. The number of nitrogens with zero attached hydrogens (tertiary/aromatic N) is 2. The van der Waals surface area contributed by atoms with Crippen LogP contribution in [0.15, 0.2) is 0 Å². The molecule has 1 saturated carbocycles. The van der Waals surface area contributed by atoms with Gasteiger partial charge in [-0.1, -0.05) is 19.3 Å². The van der Waals surface area contributed by atoms with Crippen molar-refractivity contribution in [2.75, 3.05) is 26.5 Å². The van der Waals surface area contributed by atoms with Crippen LogP contribution >= 0.6 is 12.2 Å². The van der Waals surface area contributed by atoms with Gasteiger partial charge in [0, 0.05) is 19.2 Å². The summed E-state index contributed by atoms with van der Waals surface area (Å²) in [5.74, 6) is 0. The topological polar surface area (TPSA) is 27.7 Å². The van der Waals surface area contributed by atoms with Crippen LogP contribution in [-0.4, -0.2) is 53.5 Å². The molecule has 19 heavy (non-hydrogen) atoms. The zero-order chi connectivity index (χ0) is 13.1. The minimum atomic E-state index is 0.381. The molecule has 0 amide bonds. The van der Waals surface area contributed by atoms with E-state index in [-0.39, 0.29) is 0 Å². The van der Waals surface area contributed by atoms with Gasteiger partial charge < -0.3 is 15.0 Å². The van der Waals surface area contributed by atoms with Crippen LogP contribution in [0, 0.1) is 0 Å². The maximum Gasteiger partial charge on any atom is 0.171 e. The minimum absolute atomic E-state index is 0.381. The van der Waals surface area contributed by atoms with Gasteiger partial charge >= 0.3 is 0 Å². The molecule has 2 saturated heterocycles. The van der Waals surface area contributed by atoms with Gasteiger partial charge in [-0.05, 0) is 37.9 Å². The molecule has 1 atom stereocenters.